The van der Waals surface area contributed by atoms with Crippen molar-refractivity contribution >= 4 is 10.9 Å². The second-order valence-corrected chi connectivity index (χ2v) is 7.75. The largest absolute Gasteiger partial charge is 0.383 e. The number of benzene rings is 1. The molecule has 3 aromatic rings. The van der Waals surface area contributed by atoms with Crippen LogP contribution in [0.5, 0.6) is 0 Å². The smallest absolute Gasteiger partial charge is 0.253 e. The fraction of sp³-hybridized carbons (Fsp3) is 0.524. The third-order valence-corrected chi connectivity index (χ3v) is 5.64. The van der Waals surface area contributed by atoms with E-state index in [0.717, 1.165) is 42.4 Å². The van der Waals surface area contributed by atoms with Gasteiger partial charge in [0.25, 0.3) is 5.56 Å². The maximum absolute atomic E-state index is 13.2. The fourth-order valence-corrected chi connectivity index (χ4v) is 4.13. The summed E-state index contributed by atoms with van der Waals surface area (Å²) in [6.07, 6.45) is 4.65. The summed E-state index contributed by atoms with van der Waals surface area (Å²) in [5.41, 5.74) is 2.58. The first-order chi connectivity index (χ1) is 14.2. The Morgan fingerprint density at radius 3 is 2.72 bits per heavy atom. The van der Waals surface area contributed by atoms with E-state index in [4.69, 9.17) is 4.74 Å². The predicted molar refractivity (Wildman–Crippen MR) is 111 cm³/mol. The number of hydrogen-bond acceptors (Lipinski definition) is 6. The number of tetrazole rings is 1. The summed E-state index contributed by atoms with van der Waals surface area (Å²) in [4.78, 5) is 18.6. The van der Waals surface area contributed by atoms with Crippen LogP contribution in [-0.2, 0) is 11.3 Å². The van der Waals surface area contributed by atoms with Crippen LogP contribution in [-0.4, -0.2) is 56.9 Å². The van der Waals surface area contributed by atoms with E-state index in [1.165, 1.54) is 12.8 Å². The minimum absolute atomic E-state index is 0.0846. The van der Waals surface area contributed by atoms with Gasteiger partial charge >= 0.3 is 0 Å². The normalized spacial score (nSPS) is 16.8. The maximum atomic E-state index is 13.2. The number of pyridine rings is 1. The molecule has 1 saturated heterocycles. The van der Waals surface area contributed by atoms with Crippen molar-refractivity contribution in [3.8, 4) is 0 Å². The van der Waals surface area contributed by atoms with Crippen molar-refractivity contribution in [2.75, 3.05) is 26.8 Å². The summed E-state index contributed by atoms with van der Waals surface area (Å²) in [5, 5.41) is 13.4. The van der Waals surface area contributed by atoms with Crippen molar-refractivity contribution in [3.05, 3.63) is 51.6 Å². The molecular formula is C21H28N6O2. The van der Waals surface area contributed by atoms with Gasteiger partial charge in [-0.2, -0.15) is 0 Å². The van der Waals surface area contributed by atoms with E-state index in [1.54, 1.807) is 11.8 Å². The van der Waals surface area contributed by atoms with E-state index in [9.17, 15) is 4.79 Å². The highest BCUT2D eigenvalue weighted by Crippen LogP contribution is 2.29. The van der Waals surface area contributed by atoms with Gasteiger partial charge in [0.15, 0.2) is 5.82 Å². The van der Waals surface area contributed by atoms with Crippen LogP contribution in [0.1, 0.15) is 48.7 Å². The van der Waals surface area contributed by atoms with E-state index >= 15 is 0 Å². The van der Waals surface area contributed by atoms with Gasteiger partial charge in [-0.3, -0.25) is 9.69 Å². The van der Waals surface area contributed by atoms with Crippen LogP contribution in [0.15, 0.2) is 29.1 Å². The molecule has 1 atom stereocenters. The highest BCUT2D eigenvalue weighted by atomic mass is 16.5. The lowest BCUT2D eigenvalue weighted by Crippen LogP contribution is -2.36. The second-order valence-electron chi connectivity index (χ2n) is 7.75. The SMILES string of the molecule is COCCn1nnnc1[C@H](c1cc2ccc(C)cc2[nH]c1=O)N1CCCCCC1. The first-order valence-electron chi connectivity index (χ1n) is 10.3. The Morgan fingerprint density at radius 2 is 1.97 bits per heavy atom. The molecule has 1 aliphatic rings. The number of ether oxygens (including phenoxy) is 1. The molecule has 0 aliphatic carbocycles. The van der Waals surface area contributed by atoms with E-state index in [-0.39, 0.29) is 11.6 Å². The van der Waals surface area contributed by atoms with Gasteiger partial charge in [-0.1, -0.05) is 25.0 Å². The van der Waals surface area contributed by atoms with E-state index in [0.29, 0.717) is 24.5 Å². The summed E-state index contributed by atoms with van der Waals surface area (Å²) >= 11 is 0. The maximum Gasteiger partial charge on any atom is 0.253 e. The Hall–Kier alpha value is -2.58. The van der Waals surface area contributed by atoms with Crippen molar-refractivity contribution in [1.29, 1.82) is 0 Å². The van der Waals surface area contributed by atoms with Crippen LogP contribution in [0, 0.1) is 6.92 Å². The predicted octanol–water partition coefficient (Wildman–Crippen LogP) is 2.43. The average molecular weight is 396 g/mol. The van der Waals surface area contributed by atoms with Crippen molar-refractivity contribution in [2.45, 2.75) is 45.2 Å². The molecule has 0 amide bonds. The third kappa shape index (κ3) is 4.23. The first kappa shape index (κ1) is 19.7. The van der Waals surface area contributed by atoms with Gasteiger partial charge < -0.3 is 9.72 Å². The molecule has 3 heterocycles. The molecule has 1 fully saturated rings. The van der Waals surface area contributed by atoms with Crippen molar-refractivity contribution in [3.63, 3.8) is 0 Å². The number of aryl methyl sites for hydroxylation is 1. The molecule has 2 aromatic heterocycles. The van der Waals surface area contributed by atoms with Crippen LogP contribution in [0.3, 0.4) is 0 Å². The minimum atomic E-state index is -0.283. The molecule has 0 bridgehead atoms. The lowest BCUT2D eigenvalue weighted by molar-refractivity contribution is 0.175. The molecule has 0 unspecified atom stereocenters. The van der Waals surface area contributed by atoms with Crippen LogP contribution >= 0.6 is 0 Å². The summed E-state index contributed by atoms with van der Waals surface area (Å²) in [6.45, 7) is 4.93. The zero-order chi connectivity index (χ0) is 20.2. The van der Waals surface area contributed by atoms with Crippen LogP contribution < -0.4 is 5.56 Å². The number of rotatable bonds is 6. The fourth-order valence-electron chi connectivity index (χ4n) is 4.13. The summed E-state index contributed by atoms with van der Waals surface area (Å²) in [6, 6.07) is 7.84. The zero-order valence-corrected chi connectivity index (χ0v) is 17.1. The van der Waals surface area contributed by atoms with Crippen molar-refractivity contribution in [2.24, 2.45) is 0 Å². The number of aromatic amines is 1. The van der Waals surface area contributed by atoms with Crippen molar-refractivity contribution in [1.82, 2.24) is 30.1 Å². The Morgan fingerprint density at radius 1 is 1.17 bits per heavy atom. The lowest BCUT2D eigenvalue weighted by atomic mass is 10.0. The molecule has 0 radical (unpaired) electrons. The molecule has 1 N–H and O–H groups in total. The Labute approximate surface area is 169 Å². The van der Waals surface area contributed by atoms with Crippen LogP contribution in [0.4, 0.5) is 0 Å². The number of nitrogens with zero attached hydrogens (tertiary/aromatic N) is 5. The monoisotopic (exact) mass is 396 g/mol. The molecule has 0 spiro atoms. The van der Waals surface area contributed by atoms with Gasteiger partial charge in [0.2, 0.25) is 0 Å². The van der Waals surface area contributed by atoms with Gasteiger partial charge in [0.05, 0.1) is 13.2 Å². The topological polar surface area (TPSA) is 88.9 Å². The van der Waals surface area contributed by atoms with Gasteiger partial charge in [-0.15, -0.1) is 5.10 Å². The summed E-state index contributed by atoms with van der Waals surface area (Å²) < 4.78 is 6.98. The standard InChI is InChI=1S/C21H28N6O2/c1-15-7-8-16-14-17(21(28)22-18(16)13-15)19(26-9-5-3-4-6-10-26)20-23-24-25-27(20)11-12-29-2/h7-8,13-14,19H,3-6,9-12H2,1-2H3,(H,22,28)/t19-/m0/s1. The molecule has 1 aliphatic heterocycles. The Kier molecular flexibility index (Phi) is 6.01. The third-order valence-electron chi connectivity index (χ3n) is 5.64. The second kappa shape index (κ2) is 8.84. The first-order valence-corrected chi connectivity index (χ1v) is 10.3. The van der Waals surface area contributed by atoms with Crippen LogP contribution in [0.2, 0.25) is 0 Å². The number of aromatic nitrogens is 5. The van der Waals surface area contributed by atoms with E-state index in [1.807, 2.05) is 19.1 Å². The van der Waals surface area contributed by atoms with E-state index in [2.05, 4.69) is 37.5 Å². The number of hydrogen-bond donors (Lipinski definition) is 1. The average Bonchev–Trinajstić information content (AvgIpc) is 2.99. The quantitative estimate of drug-likeness (QED) is 0.688. The molecule has 29 heavy (non-hydrogen) atoms. The minimum Gasteiger partial charge on any atom is -0.383 e. The lowest BCUT2D eigenvalue weighted by Gasteiger charge is -2.29. The summed E-state index contributed by atoms with van der Waals surface area (Å²) in [7, 11) is 1.66. The molecule has 1 aromatic carbocycles. The van der Waals surface area contributed by atoms with Gasteiger partial charge in [-0.05, 0) is 66.4 Å². The molecule has 8 nitrogen and oxygen atoms in total. The molecule has 4 rings (SSSR count). The summed E-state index contributed by atoms with van der Waals surface area (Å²) in [5.74, 6) is 0.695. The van der Waals surface area contributed by atoms with Gasteiger partial charge in [-0.25, -0.2) is 4.68 Å². The molecule has 154 valence electrons. The number of nitrogens with one attached hydrogen (secondary N) is 1. The van der Waals surface area contributed by atoms with Crippen molar-refractivity contribution < 1.29 is 4.74 Å². The Bertz CT molecular complexity index is 1020. The Balaban J connectivity index is 1.83. The zero-order valence-electron chi connectivity index (χ0n) is 17.1. The van der Waals surface area contributed by atoms with Crippen LogP contribution in [0.25, 0.3) is 10.9 Å². The number of fused-ring (bicyclic) bond motifs is 1. The molecular weight excluding hydrogens is 368 g/mol. The highest BCUT2D eigenvalue weighted by Gasteiger charge is 2.30. The van der Waals surface area contributed by atoms with Gasteiger partial charge in [0, 0.05) is 18.2 Å². The molecule has 8 heteroatoms. The molecule has 0 saturated carbocycles. The van der Waals surface area contributed by atoms with E-state index < -0.39 is 0 Å². The number of H-pyrrole nitrogens is 1. The highest BCUT2D eigenvalue weighted by molar-refractivity contribution is 5.79. The number of likely N-dealkylation sites (tertiary alicyclic amines) is 1. The number of methoxy groups -OCH3 is 1. The van der Waals surface area contributed by atoms with Gasteiger partial charge in [0.1, 0.15) is 6.04 Å².